The molecule has 1 fully saturated rings. The van der Waals surface area contributed by atoms with Gasteiger partial charge >= 0.3 is 0 Å². The smallest absolute Gasteiger partial charge is 0.270 e. The van der Waals surface area contributed by atoms with Crippen molar-refractivity contribution in [2.75, 3.05) is 38.5 Å². The molecular weight excluding hydrogens is 466 g/mol. The second-order valence-corrected chi connectivity index (χ2v) is 10.5. The zero-order chi connectivity index (χ0) is 23.6. The molecule has 0 aliphatic carbocycles. The van der Waals surface area contributed by atoms with Crippen molar-refractivity contribution < 1.29 is 18.1 Å². The molecule has 10 nitrogen and oxygen atoms in total. The third kappa shape index (κ3) is 5.25. The van der Waals surface area contributed by atoms with E-state index in [0.29, 0.717) is 47.1 Å². The Morgan fingerprint density at radius 3 is 2.67 bits per heavy atom. The minimum absolute atomic E-state index is 0.0638. The molecule has 33 heavy (non-hydrogen) atoms. The Bertz CT molecular complexity index is 1340. The number of piperazine rings is 1. The SMILES string of the molecule is CN1CCN(S(=O)(=O)c2ccc3nc(NC(=O)/C=C/c4cccc([N+](=O)[O-])c4)sc3c2)CC1. The molecule has 2 heterocycles. The fourth-order valence-corrected chi connectivity index (χ4v) is 5.79. The van der Waals surface area contributed by atoms with Crippen molar-refractivity contribution in [3.05, 3.63) is 64.2 Å². The van der Waals surface area contributed by atoms with Crippen LogP contribution >= 0.6 is 11.3 Å². The van der Waals surface area contributed by atoms with Crippen LogP contribution < -0.4 is 5.32 Å². The number of fused-ring (bicyclic) bond motifs is 1. The molecule has 0 spiro atoms. The lowest BCUT2D eigenvalue weighted by atomic mass is 10.2. The molecule has 0 saturated carbocycles. The number of aromatic nitrogens is 1. The van der Waals surface area contributed by atoms with Crippen molar-refractivity contribution in [1.82, 2.24) is 14.2 Å². The summed E-state index contributed by atoms with van der Waals surface area (Å²) in [6.07, 6.45) is 2.73. The Balaban J connectivity index is 1.48. The van der Waals surface area contributed by atoms with E-state index in [1.54, 1.807) is 18.2 Å². The summed E-state index contributed by atoms with van der Waals surface area (Å²) in [5.41, 5.74) is 1.03. The zero-order valence-corrected chi connectivity index (χ0v) is 19.3. The Morgan fingerprint density at radius 1 is 1.18 bits per heavy atom. The van der Waals surface area contributed by atoms with Gasteiger partial charge in [0.05, 0.1) is 20.0 Å². The predicted molar refractivity (Wildman–Crippen MR) is 127 cm³/mol. The highest BCUT2D eigenvalue weighted by Crippen LogP contribution is 2.29. The number of nitro benzene ring substituents is 1. The van der Waals surface area contributed by atoms with Gasteiger partial charge in [-0.1, -0.05) is 23.5 Å². The predicted octanol–water partition coefficient (Wildman–Crippen LogP) is 2.79. The van der Waals surface area contributed by atoms with Gasteiger partial charge in [-0.05, 0) is 36.9 Å². The number of thiazole rings is 1. The summed E-state index contributed by atoms with van der Waals surface area (Å²) in [4.78, 5) is 29.2. The highest BCUT2D eigenvalue weighted by Gasteiger charge is 2.27. The average Bonchev–Trinajstić information content (AvgIpc) is 3.19. The molecular formula is C21H21N5O5S2. The quantitative estimate of drug-likeness (QED) is 0.322. The van der Waals surface area contributed by atoms with E-state index in [-0.39, 0.29) is 10.6 Å². The Hall–Kier alpha value is -3.19. The number of anilines is 1. The maximum atomic E-state index is 13.0. The summed E-state index contributed by atoms with van der Waals surface area (Å²) < 4.78 is 28.1. The van der Waals surface area contributed by atoms with Crippen LogP contribution in [0.25, 0.3) is 16.3 Å². The van der Waals surface area contributed by atoms with Crippen LogP contribution in [-0.4, -0.2) is 66.7 Å². The number of benzene rings is 2. The van der Waals surface area contributed by atoms with Gasteiger partial charge in [0.2, 0.25) is 15.9 Å². The molecule has 1 saturated heterocycles. The Labute approximate surface area is 194 Å². The van der Waals surface area contributed by atoms with Gasteiger partial charge in [0.15, 0.2) is 5.13 Å². The van der Waals surface area contributed by atoms with Gasteiger partial charge in [0.1, 0.15) is 0 Å². The molecule has 1 N–H and O–H groups in total. The van der Waals surface area contributed by atoms with Crippen LogP contribution in [0.4, 0.5) is 10.8 Å². The van der Waals surface area contributed by atoms with Crippen molar-refractivity contribution in [3.63, 3.8) is 0 Å². The lowest BCUT2D eigenvalue weighted by Crippen LogP contribution is -2.46. The molecule has 172 valence electrons. The summed E-state index contributed by atoms with van der Waals surface area (Å²) in [6.45, 7) is 2.25. The van der Waals surface area contributed by atoms with E-state index in [4.69, 9.17) is 0 Å². The van der Waals surface area contributed by atoms with Crippen molar-refractivity contribution in [1.29, 1.82) is 0 Å². The monoisotopic (exact) mass is 487 g/mol. The summed E-state index contributed by atoms with van der Waals surface area (Å²) >= 11 is 1.17. The molecule has 3 aromatic rings. The number of nitrogens with zero attached hydrogens (tertiary/aromatic N) is 4. The number of likely N-dealkylation sites (N-methyl/N-ethyl adjacent to an activating group) is 1. The van der Waals surface area contributed by atoms with Crippen molar-refractivity contribution >= 4 is 54.4 Å². The average molecular weight is 488 g/mol. The summed E-state index contributed by atoms with van der Waals surface area (Å²) in [7, 11) is -1.64. The largest absolute Gasteiger partial charge is 0.304 e. The molecule has 2 aromatic carbocycles. The minimum atomic E-state index is -3.60. The molecule has 0 unspecified atom stereocenters. The lowest BCUT2D eigenvalue weighted by Gasteiger charge is -2.31. The van der Waals surface area contributed by atoms with Crippen LogP contribution in [0, 0.1) is 10.1 Å². The number of sulfonamides is 1. The molecule has 1 amide bonds. The topological polar surface area (TPSA) is 126 Å². The van der Waals surface area contributed by atoms with Crippen LogP contribution in [0.1, 0.15) is 5.56 Å². The molecule has 1 aliphatic heterocycles. The summed E-state index contributed by atoms with van der Waals surface area (Å²) in [5.74, 6) is -0.453. The molecule has 0 radical (unpaired) electrons. The number of non-ortho nitro benzene ring substituents is 1. The van der Waals surface area contributed by atoms with Crippen LogP contribution in [0.3, 0.4) is 0 Å². The molecule has 1 aliphatic rings. The van der Waals surface area contributed by atoms with Crippen molar-refractivity contribution in [2.24, 2.45) is 0 Å². The van der Waals surface area contributed by atoms with E-state index >= 15 is 0 Å². The molecule has 0 atom stereocenters. The highest BCUT2D eigenvalue weighted by molar-refractivity contribution is 7.89. The van der Waals surface area contributed by atoms with Gasteiger partial charge in [-0.3, -0.25) is 20.2 Å². The molecule has 12 heteroatoms. The molecule has 4 rings (SSSR count). The van der Waals surface area contributed by atoms with Crippen LogP contribution in [0.15, 0.2) is 53.4 Å². The van der Waals surface area contributed by atoms with Gasteiger partial charge in [-0.2, -0.15) is 4.31 Å². The number of rotatable bonds is 6. The Kier molecular flexibility index (Phi) is 6.51. The van der Waals surface area contributed by atoms with Crippen LogP contribution in [0.5, 0.6) is 0 Å². The molecule has 0 bridgehead atoms. The lowest BCUT2D eigenvalue weighted by molar-refractivity contribution is -0.384. The van der Waals surface area contributed by atoms with E-state index in [1.807, 2.05) is 7.05 Å². The maximum absolute atomic E-state index is 13.0. The second kappa shape index (κ2) is 9.35. The number of nitro groups is 1. The zero-order valence-electron chi connectivity index (χ0n) is 17.7. The standard InChI is InChI=1S/C21H21N5O5S2/c1-24-9-11-25(12-10-24)33(30,31)17-6-7-18-19(14-17)32-21(22-18)23-20(27)8-5-15-3-2-4-16(13-15)26(28)29/h2-8,13-14H,9-12H2,1H3,(H,22,23,27)/b8-5+. The first-order valence-electron chi connectivity index (χ1n) is 10.1. The van der Waals surface area contributed by atoms with E-state index < -0.39 is 20.9 Å². The van der Waals surface area contributed by atoms with Gasteiger partial charge in [-0.25, -0.2) is 13.4 Å². The van der Waals surface area contributed by atoms with E-state index in [9.17, 15) is 23.3 Å². The number of hydrogen-bond acceptors (Lipinski definition) is 8. The van der Waals surface area contributed by atoms with Gasteiger partial charge in [0, 0.05) is 44.4 Å². The van der Waals surface area contributed by atoms with Gasteiger partial charge < -0.3 is 4.90 Å². The van der Waals surface area contributed by atoms with Crippen LogP contribution in [0.2, 0.25) is 0 Å². The Morgan fingerprint density at radius 2 is 1.94 bits per heavy atom. The number of carbonyl (C=O) groups is 1. The first-order chi connectivity index (χ1) is 15.7. The highest BCUT2D eigenvalue weighted by atomic mass is 32.2. The maximum Gasteiger partial charge on any atom is 0.270 e. The summed E-state index contributed by atoms with van der Waals surface area (Å²) in [6, 6.07) is 10.7. The first-order valence-corrected chi connectivity index (χ1v) is 12.3. The van der Waals surface area contributed by atoms with Crippen molar-refractivity contribution in [2.45, 2.75) is 4.90 Å². The minimum Gasteiger partial charge on any atom is -0.304 e. The van der Waals surface area contributed by atoms with Gasteiger partial charge in [-0.15, -0.1) is 0 Å². The second-order valence-electron chi connectivity index (χ2n) is 7.53. The molecule has 1 aromatic heterocycles. The van der Waals surface area contributed by atoms with Crippen molar-refractivity contribution in [3.8, 4) is 0 Å². The van der Waals surface area contributed by atoms with E-state index in [0.717, 1.165) is 0 Å². The van der Waals surface area contributed by atoms with Crippen LogP contribution in [-0.2, 0) is 14.8 Å². The number of amides is 1. The third-order valence-corrected chi connectivity index (χ3v) is 8.03. The number of nitrogens with one attached hydrogen (secondary N) is 1. The van der Waals surface area contributed by atoms with E-state index in [1.165, 1.54) is 52.1 Å². The first kappa shape index (κ1) is 23.0. The number of carbonyl (C=O) groups excluding carboxylic acids is 1. The fraction of sp³-hybridized carbons (Fsp3) is 0.238. The normalized spacial score (nSPS) is 15.8. The fourth-order valence-electron chi connectivity index (χ4n) is 3.36. The summed E-state index contributed by atoms with van der Waals surface area (Å²) in [5, 5.41) is 13.8. The van der Waals surface area contributed by atoms with E-state index in [2.05, 4.69) is 15.2 Å². The number of hydrogen-bond donors (Lipinski definition) is 1. The third-order valence-electron chi connectivity index (χ3n) is 5.20. The van der Waals surface area contributed by atoms with Gasteiger partial charge in [0.25, 0.3) is 5.69 Å².